The molecule has 4 rings (SSSR count). The molecular weight excluding hydrogens is 396 g/mol. The molecule has 0 aliphatic carbocycles. The molecule has 4 aromatic rings. The van der Waals surface area contributed by atoms with E-state index in [4.69, 9.17) is 11.6 Å². The van der Waals surface area contributed by atoms with Crippen LogP contribution in [0.4, 0.5) is 5.69 Å². The molecule has 0 unspecified atom stereocenters. The van der Waals surface area contributed by atoms with Crippen molar-refractivity contribution in [1.82, 2.24) is 15.0 Å². The van der Waals surface area contributed by atoms with Crippen molar-refractivity contribution < 1.29 is 4.79 Å². The van der Waals surface area contributed by atoms with Crippen molar-refractivity contribution in [2.45, 2.75) is 33.1 Å². The molecular formula is C24H23ClN4O. The average Bonchev–Trinajstić information content (AvgIpc) is 3.16. The minimum absolute atomic E-state index is 0.191. The van der Waals surface area contributed by atoms with Crippen molar-refractivity contribution in [2.24, 2.45) is 0 Å². The maximum Gasteiger partial charge on any atom is 0.255 e. The van der Waals surface area contributed by atoms with Gasteiger partial charge < -0.3 is 5.32 Å². The Morgan fingerprint density at radius 2 is 1.67 bits per heavy atom. The van der Waals surface area contributed by atoms with Crippen LogP contribution in [0.5, 0.6) is 0 Å². The molecule has 0 radical (unpaired) electrons. The second kappa shape index (κ2) is 8.67. The van der Waals surface area contributed by atoms with Crippen LogP contribution in [-0.2, 0) is 6.42 Å². The third kappa shape index (κ3) is 4.36. The predicted molar refractivity (Wildman–Crippen MR) is 122 cm³/mol. The molecule has 0 spiro atoms. The van der Waals surface area contributed by atoms with E-state index < -0.39 is 0 Å². The second-order valence-corrected chi connectivity index (χ2v) is 7.81. The zero-order chi connectivity index (χ0) is 21.1. The summed E-state index contributed by atoms with van der Waals surface area (Å²) in [4.78, 5) is 14.2. The molecule has 1 N–H and O–H groups in total. The fourth-order valence-corrected chi connectivity index (χ4v) is 3.42. The highest BCUT2D eigenvalue weighted by molar-refractivity contribution is 6.30. The number of amides is 1. The van der Waals surface area contributed by atoms with E-state index in [2.05, 4.69) is 34.6 Å². The van der Waals surface area contributed by atoms with Gasteiger partial charge in [-0.1, -0.05) is 37.1 Å². The van der Waals surface area contributed by atoms with Gasteiger partial charge in [-0.25, -0.2) is 0 Å². The smallest absolute Gasteiger partial charge is 0.255 e. The molecule has 0 saturated carbocycles. The Labute approximate surface area is 180 Å². The van der Waals surface area contributed by atoms with Crippen LogP contribution >= 0.6 is 11.6 Å². The van der Waals surface area contributed by atoms with Crippen LogP contribution in [0, 0.1) is 6.92 Å². The maximum atomic E-state index is 12.6. The number of nitrogens with one attached hydrogen (secondary N) is 1. The molecule has 0 aliphatic rings. The van der Waals surface area contributed by atoms with Crippen LogP contribution in [0.2, 0.25) is 5.02 Å². The molecule has 0 fully saturated rings. The first kappa shape index (κ1) is 20.1. The molecule has 1 aromatic heterocycles. The van der Waals surface area contributed by atoms with E-state index in [9.17, 15) is 4.79 Å². The van der Waals surface area contributed by atoms with Gasteiger partial charge in [0.1, 0.15) is 11.0 Å². The highest BCUT2D eigenvalue weighted by Crippen LogP contribution is 2.23. The first-order valence-electron chi connectivity index (χ1n) is 10.1. The number of rotatable bonds is 6. The summed E-state index contributed by atoms with van der Waals surface area (Å²) in [5, 5.41) is 12.8. The molecule has 0 saturated heterocycles. The van der Waals surface area contributed by atoms with Gasteiger partial charge in [-0.2, -0.15) is 4.80 Å². The Bertz CT molecular complexity index is 1180. The van der Waals surface area contributed by atoms with E-state index >= 15 is 0 Å². The maximum absolute atomic E-state index is 12.6. The lowest BCUT2D eigenvalue weighted by Crippen LogP contribution is -2.12. The van der Waals surface area contributed by atoms with E-state index in [1.807, 2.05) is 31.2 Å². The van der Waals surface area contributed by atoms with Crippen molar-refractivity contribution in [2.75, 3.05) is 5.32 Å². The SMILES string of the molecule is CCCCc1ccc(-n2nc3cc(C)c(NC(=O)c4ccc(Cl)cc4)cc3n2)cc1. The number of unbranched alkanes of at least 4 members (excludes halogenated alkanes) is 1. The zero-order valence-electron chi connectivity index (χ0n) is 17.0. The highest BCUT2D eigenvalue weighted by atomic mass is 35.5. The van der Waals surface area contributed by atoms with Crippen molar-refractivity contribution in [3.8, 4) is 5.69 Å². The van der Waals surface area contributed by atoms with Crippen molar-refractivity contribution >= 4 is 34.2 Å². The van der Waals surface area contributed by atoms with E-state index in [0.717, 1.165) is 28.7 Å². The molecule has 30 heavy (non-hydrogen) atoms. The number of hydrogen-bond acceptors (Lipinski definition) is 3. The number of benzene rings is 3. The molecule has 0 aliphatic heterocycles. The first-order chi connectivity index (χ1) is 14.5. The first-order valence-corrected chi connectivity index (χ1v) is 10.4. The topological polar surface area (TPSA) is 59.8 Å². The lowest BCUT2D eigenvalue weighted by Gasteiger charge is -2.08. The lowest BCUT2D eigenvalue weighted by atomic mass is 10.1. The zero-order valence-corrected chi connectivity index (χ0v) is 17.8. The average molecular weight is 419 g/mol. The standard InChI is InChI=1S/C24H23ClN4O/c1-3-4-5-17-6-12-20(13-7-17)29-27-22-14-16(2)21(15-23(22)28-29)26-24(30)18-8-10-19(25)11-9-18/h6-15H,3-5H2,1-2H3,(H,26,30). The van der Waals surface area contributed by atoms with E-state index in [-0.39, 0.29) is 5.91 Å². The highest BCUT2D eigenvalue weighted by Gasteiger charge is 2.12. The lowest BCUT2D eigenvalue weighted by molar-refractivity contribution is 0.102. The van der Waals surface area contributed by atoms with Crippen molar-refractivity contribution in [3.63, 3.8) is 0 Å². The van der Waals surface area contributed by atoms with Crippen LogP contribution in [0.3, 0.4) is 0 Å². The van der Waals surface area contributed by atoms with E-state index in [0.29, 0.717) is 16.3 Å². The number of halogens is 1. The van der Waals surface area contributed by atoms with Crippen LogP contribution in [0.1, 0.15) is 41.3 Å². The summed E-state index contributed by atoms with van der Waals surface area (Å²) in [7, 11) is 0. The molecule has 1 heterocycles. The molecule has 152 valence electrons. The van der Waals surface area contributed by atoms with E-state index in [1.165, 1.54) is 18.4 Å². The molecule has 3 aromatic carbocycles. The summed E-state index contributed by atoms with van der Waals surface area (Å²) in [5.74, 6) is -0.191. The molecule has 0 bridgehead atoms. The summed E-state index contributed by atoms with van der Waals surface area (Å²) in [6.07, 6.45) is 3.46. The largest absolute Gasteiger partial charge is 0.322 e. The minimum Gasteiger partial charge on any atom is -0.322 e. The van der Waals surface area contributed by atoms with Crippen LogP contribution < -0.4 is 5.32 Å². The summed E-state index contributed by atoms with van der Waals surface area (Å²) >= 11 is 5.90. The van der Waals surface area contributed by atoms with Gasteiger partial charge in [0.25, 0.3) is 5.91 Å². The van der Waals surface area contributed by atoms with Gasteiger partial charge in [-0.15, -0.1) is 10.2 Å². The van der Waals surface area contributed by atoms with Gasteiger partial charge in [0.2, 0.25) is 0 Å². The predicted octanol–water partition coefficient (Wildman–Crippen LogP) is 5.98. The Kier molecular flexibility index (Phi) is 5.81. The summed E-state index contributed by atoms with van der Waals surface area (Å²) in [6, 6.07) is 18.9. The number of aryl methyl sites for hydroxylation is 2. The summed E-state index contributed by atoms with van der Waals surface area (Å²) in [6.45, 7) is 4.14. The second-order valence-electron chi connectivity index (χ2n) is 7.38. The van der Waals surface area contributed by atoms with Gasteiger partial charge >= 0.3 is 0 Å². The fourth-order valence-electron chi connectivity index (χ4n) is 3.29. The Hall–Kier alpha value is -3.18. The van der Waals surface area contributed by atoms with Crippen molar-refractivity contribution in [3.05, 3.63) is 82.4 Å². The normalized spacial score (nSPS) is 11.0. The van der Waals surface area contributed by atoms with Crippen LogP contribution in [-0.4, -0.2) is 20.9 Å². The molecule has 1 amide bonds. The molecule has 5 nitrogen and oxygen atoms in total. The third-order valence-corrected chi connectivity index (χ3v) is 5.32. The fraction of sp³-hybridized carbons (Fsp3) is 0.208. The van der Waals surface area contributed by atoms with Gasteiger partial charge in [-0.3, -0.25) is 4.79 Å². The van der Waals surface area contributed by atoms with Gasteiger partial charge in [0.05, 0.1) is 5.69 Å². The van der Waals surface area contributed by atoms with Crippen molar-refractivity contribution in [1.29, 1.82) is 0 Å². The van der Waals surface area contributed by atoms with Crippen LogP contribution in [0.25, 0.3) is 16.7 Å². The van der Waals surface area contributed by atoms with Gasteiger partial charge in [-0.05, 0) is 79.4 Å². The minimum atomic E-state index is -0.191. The van der Waals surface area contributed by atoms with Crippen LogP contribution in [0.15, 0.2) is 60.7 Å². The van der Waals surface area contributed by atoms with E-state index in [1.54, 1.807) is 29.1 Å². The monoisotopic (exact) mass is 418 g/mol. The summed E-state index contributed by atoms with van der Waals surface area (Å²) < 4.78 is 0. The Morgan fingerprint density at radius 1 is 1.00 bits per heavy atom. The quantitative estimate of drug-likeness (QED) is 0.419. The van der Waals surface area contributed by atoms with Gasteiger partial charge in [0.15, 0.2) is 0 Å². The third-order valence-electron chi connectivity index (χ3n) is 5.07. The molecule has 6 heteroatoms. The number of hydrogen-bond donors (Lipinski definition) is 1. The number of nitrogens with zero attached hydrogens (tertiary/aromatic N) is 3. The Balaban J connectivity index is 1.58. The summed E-state index contributed by atoms with van der Waals surface area (Å²) in [5.41, 5.74) is 5.92. The Morgan fingerprint density at radius 3 is 2.33 bits per heavy atom. The number of carbonyl (C=O) groups excluding carboxylic acids is 1. The number of aromatic nitrogens is 3. The molecule has 0 atom stereocenters. The number of fused-ring (bicyclic) bond motifs is 1. The number of carbonyl (C=O) groups is 1. The van der Waals surface area contributed by atoms with Gasteiger partial charge in [0, 0.05) is 16.3 Å². The number of anilines is 1.